The Hall–Kier alpha value is -0.890. The van der Waals surface area contributed by atoms with E-state index in [1.807, 2.05) is 0 Å². The Balaban J connectivity index is 2.09. The first-order chi connectivity index (χ1) is 9.05. The number of aliphatic hydroxyl groups excluding tert-OH is 1. The monoisotopic (exact) mass is 288 g/mol. The average Bonchev–Trinajstić information content (AvgIpc) is 3.09. The van der Waals surface area contributed by atoms with E-state index in [2.05, 4.69) is 0 Å². The van der Waals surface area contributed by atoms with Gasteiger partial charge in [-0.15, -0.1) is 0 Å². The molecular weight excluding hydrogens is 268 g/mol. The van der Waals surface area contributed by atoms with Gasteiger partial charge >= 0.3 is 0 Å². The Morgan fingerprint density at radius 3 is 2.74 bits per heavy atom. The summed E-state index contributed by atoms with van der Waals surface area (Å²) in [6.07, 6.45) is 3.78. The van der Waals surface area contributed by atoms with Crippen LogP contribution >= 0.6 is 0 Å². The molecule has 0 aliphatic heterocycles. The highest BCUT2D eigenvalue weighted by Gasteiger charge is 2.39. The van der Waals surface area contributed by atoms with Gasteiger partial charge in [0.15, 0.2) is 0 Å². The van der Waals surface area contributed by atoms with Crippen LogP contribution in [0, 0.1) is 0 Å². The summed E-state index contributed by atoms with van der Waals surface area (Å²) >= 11 is 0. The Labute approximate surface area is 113 Å². The highest BCUT2D eigenvalue weighted by Crippen LogP contribution is 2.31. The maximum atomic E-state index is 12.5. The van der Waals surface area contributed by atoms with Crippen molar-refractivity contribution in [3.05, 3.63) is 24.2 Å². The molecule has 0 saturated heterocycles. The summed E-state index contributed by atoms with van der Waals surface area (Å²) in [6, 6.07) is 3.60. The van der Waals surface area contributed by atoms with Gasteiger partial charge in [-0.05, 0) is 31.4 Å². The number of hydrogen-bond acceptors (Lipinski definition) is 4. The second-order valence-corrected chi connectivity index (χ2v) is 6.75. The number of hydrogen-bond donors (Lipinski definition) is 1. The Bertz CT molecular complexity index is 482. The van der Waals surface area contributed by atoms with Crippen molar-refractivity contribution in [2.75, 3.05) is 20.2 Å². The van der Waals surface area contributed by atoms with Crippen LogP contribution in [-0.2, 0) is 16.8 Å². The van der Waals surface area contributed by atoms with Gasteiger partial charge in [0, 0.05) is 26.2 Å². The number of nitrogens with zero attached hydrogens (tertiary/aromatic N) is 2. The van der Waals surface area contributed by atoms with E-state index in [4.69, 9.17) is 9.52 Å². The summed E-state index contributed by atoms with van der Waals surface area (Å²) in [4.78, 5) is 0. The van der Waals surface area contributed by atoms with E-state index >= 15 is 0 Å². The van der Waals surface area contributed by atoms with Gasteiger partial charge in [0.25, 0.3) is 10.2 Å². The quantitative estimate of drug-likeness (QED) is 0.768. The molecule has 0 amide bonds. The summed E-state index contributed by atoms with van der Waals surface area (Å²) in [5, 5.41) is 8.80. The van der Waals surface area contributed by atoms with E-state index in [9.17, 15) is 8.42 Å². The van der Waals surface area contributed by atoms with Crippen LogP contribution in [0.2, 0.25) is 0 Å². The van der Waals surface area contributed by atoms with Gasteiger partial charge in [0.2, 0.25) is 0 Å². The SMILES string of the molecule is CN(CCCO)S(=O)(=O)N(Cc1ccco1)C1CC1. The molecule has 7 heteroatoms. The molecule has 0 spiro atoms. The molecule has 0 bridgehead atoms. The molecule has 1 fully saturated rings. The third-order valence-corrected chi connectivity index (χ3v) is 5.16. The largest absolute Gasteiger partial charge is 0.468 e. The Kier molecular flexibility index (Phi) is 4.62. The first-order valence-electron chi connectivity index (χ1n) is 6.42. The highest BCUT2D eigenvalue weighted by molar-refractivity contribution is 7.86. The van der Waals surface area contributed by atoms with Crippen LogP contribution in [0.3, 0.4) is 0 Å². The van der Waals surface area contributed by atoms with Crippen LogP contribution in [0.15, 0.2) is 22.8 Å². The van der Waals surface area contributed by atoms with Crippen LogP contribution in [0.1, 0.15) is 25.0 Å². The van der Waals surface area contributed by atoms with Crippen molar-refractivity contribution < 1.29 is 17.9 Å². The summed E-state index contributed by atoms with van der Waals surface area (Å²) in [7, 11) is -1.95. The predicted octanol–water partition coefficient (Wildman–Crippen LogP) is 0.803. The minimum absolute atomic E-state index is 0.0124. The molecule has 1 N–H and O–H groups in total. The second-order valence-electron chi connectivity index (χ2n) is 4.76. The molecule has 1 saturated carbocycles. The molecule has 1 heterocycles. The van der Waals surface area contributed by atoms with Gasteiger partial charge in [-0.2, -0.15) is 17.0 Å². The first-order valence-corrected chi connectivity index (χ1v) is 7.81. The van der Waals surface area contributed by atoms with E-state index in [1.165, 1.54) is 8.61 Å². The van der Waals surface area contributed by atoms with Crippen molar-refractivity contribution in [1.29, 1.82) is 0 Å². The Morgan fingerprint density at radius 2 is 2.21 bits per heavy atom. The lowest BCUT2D eigenvalue weighted by Crippen LogP contribution is -2.43. The van der Waals surface area contributed by atoms with Gasteiger partial charge in [-0.3, -0.25) is 0 Å². The maximum Gasteiger partial charge on any atom is 0.282 e. The van der Waals surface area contributed by atoms with E-state index in [0.29, 0.717) is 18.7 Å². The lowest BCUT2D eigenvalue weighted by molar-refractivity contribution is 0.268. The summed E-state index contributed by atoms with van der Waals surface area (Å²) in [5.41, 5.74) is 0. The fourth-order valence-electron chi connectivity index (χ4n) is 1.91. The smallest absolute Gasteiger partial charge is 0.282 e. The topological polar surface area (TPSA) is 74.0 Å². The van der Waals surface area contributed by atoms with E-state index in [1.54, 1.807) is 25.4 Å². The van der Waals surface area contributed by atoms with Crippen molar-refractivity contribution in [3.8, 4) is 0 Å². The predicted molar refractivity (Wildman–Crippen MR) is 70.5 cm³/mol. The molecule has 1 aromatic heterocycles. The minimum atomic E-state index is -3.49. The van der Waals surface area contributed by atoms with Crippen molar-refractivity contribution in [2.45, 2.75) is 31.8 Å². The summed E-state index contributed by atoms with van der Waals surface area (Å²) in [6.45, 7) is 0.575. The third-order valence-electron chi connectivity index (χ3n) is 3.17. The van der Waals surface area contributed by atoms with Gasteiger partial charge in [-0.25, -0.2) is 0 Å². The number of furan rings is 1. The lowest BCUT2D eigenvalue weighted by atomic mass is 10.4. The third kappa shape index (κ3) is 3.56. The molecule has 1 aliphatic rings. The molecule has 0 aromatic carbocycles. The second kappa shape index (κ2) is 6.04. The zero-order valence-corrected chi connectivity index (χ0v) is 11.8. The zero-order chi connectivity index (χ0) is 13.9. The van der Waals surface area contributed by atoms with Crippen molar-refractivity contribution in [1.82, 2.24) is 8.61 Å². The molecule has 0 unspecified atom stereocenters. The van der Waals surface area contributed by atoms with Crippen molar-refractivity contribution >= 4 is 10.2 Å². The molecule has 6 nitrogen and oxygen atoms in total. The van der Waals surface area contributed by atoms with Crippen LogP contribution in [0.5, 0.6) is 0 Å². The van der Waals surface area contributed by atoms with E-state index < -0.39 is 10.2 Å². The fraction of sp³-hybridized carbons (Fsp3) is 0.667. The lowest BCUT2D eigenvalue weighted by Gasteiger charge is -2.26. The standard InChI is InChI=1S/C12H20N2O4S/c1-13(7-3-8-15)19(16,17)14(11-5-6-11)10-12-4-2-9-18-12/h2,4,9,11,15H,3,5-8,10H2,1H3. The summed E-state index contributed by atoms with van der Waals surface area (Å²) in [5.74, 6) is 0.644. The van der Waals surface area contributed by atoms with Gasteiger partial charge < -0.3 is 9.52 Å². The number of rotatable bonds is 8. The molecule has 108 valence electrons. The van der Waals surface area contributed by atoms with Crippen LogP contribution in [-0.4, -0.2) is 48.4 Å². The first kappa shape index (κ1) is 14.5. The molecule has 1 aliphatic carbocycles. The molecule has 1 aromatic rings. The average molecular weight is 288 g/mol. The minimum Gasteiger partial charge on any atom is -0.468 e. The number of aliphatic hydroxyl groups is 1. The molecule has 19 heavy (non-hydrogen) atoms. The van der Waals surface area contributed by atoms with Crippen molar-refractivity contribution in [2.24, 2.45) is 0 Å². The molecule has 2 rings (SSSR count). The fourth-order valence-corrected chi connectivity index (χ4v) is 3.50. The van der Waals surface area contributed by atoms with E-state index in [0.717, 1.165) is 12.8 Å². The normalized spacial score (nSPS) is 16.4. The van der Waals surface area contributed by atoms with Crippen LogP contribution < -0.4 is 0 Å². The highest BCUT2D eigenvalue weighted by atomic mass is 32.2. The van der Waals surface area contributed by atoms with Crippen molar-refractivity contribution in [3.63, 3.8) is 0 Å². The van der Waals surface area contributed by atoms with E-state index in [-0.39, 0.29) is 19.2 Å². The van der Waals surface area contributed by atoms with Crippen LogP contribution in [0.4, 0.5) is 0 Å². The molecule has 0 radical (unpaired) electrons. The Morgan fingerprint density at radius 1 is 1.47 bits per heavy atom. The molecule has 0 atom stereocenters. The van der Waals surface area contributed by atoms with Crippen LogP contribution in [0.25, 0.3) is 0 Å². The summed E-state index contributed by atoms with van der Waals surface area (Å²) < 4.78 is 33.0. The zero-order valence-electron chi connectivity index (χ0n) is 11.0. The van der Waals surface area contributed by atoms with Gasteiger partial charge in [0.1, 0.15) is 5.76 Å². The molecular formula is C12H20N2O4S. The maximum absolute atomic E-state index is 12.5. The van der Waals surface area contributed by atoms with Gasteiger partial charge in [-0.1, -0.05) is 0 Å². The van der Waals surface area contributed by atoms with Gasteiger partial charge in [0.05, 0.1) is 12.8 Å².